The van der Waals surface area contributed by atoms with Crippen LogP contribution in [0.3, 0.4) is 0 Å². The third-order valence-electron chi connectivity index (χ3n) is 4.42. The molecule has 0 radical (unpaired) electrons. The van der Waals surface area contributed by atoms with E-state index in [4.69, 9.17) is 4.74 Å². The zero-order valence-electron chi connectivity index (χ0n) is 16.3. The van der Waals surface area contributed by atoms with Crippen LogP contribution in [0.25, 0.3) is 0 Å². The van der Waals surface area contributed by atoms with Gasteiger partial charge in [-0.3, -0.25) is 9.89 Å². The number of ether oxygens (including phenoxy) is 2. The van der Waals surface area contributed by atoms with E-state index in [0.717, 1.165) is 13.2 Å². The maximum absolute atomic E-state index is 12.5. The summed E-state index contributed by atoms with van der Waals surface area (Å²) in [5, 5.41) is 6.25. The molecule has 2 atom stereocenters. The molecule has 10 heteroatoms. The maximum atomic E-state index is 12.5. The van der Waals surface area contributed by atoms with Gasteiger partial charge in [0.25, 0.3) is 0 Å². The van der Waals surface area contributed by atoms with Crippen LogP contribution in [0.15, 0.2) is 29.3 Å². The minimum atomic E-state index is -4.72. The molecule has 1 aromatic rings. The highest BCUT2D eigenvalue weighted by molar-refractivity contribution is 14.0. The first kappa shape index (κ1) is 24.8. The highest BCUT2D eigenvalue weighted by atomic mass is 127. The molecule has 160 valence electrons. The van der Waals surface area contributed by atoms with Crippen LogP contribution in [0.5, 0.6) is 5.75 Å². The normalized spacial score (nSPS) is 19.5. The second-order valence-corrected chi connectivity index (χ2v) is 6.47. The standard InChI is InChI=1S/C18H27F3N4O2.HI/c1-13(25-8-9-26-12-14(25)2)10-23-17(22-3)24-11-15-6-4-5-7-16(15)27-18(19,20)21;/h4-7,13-14H,8-12H2,1-3H3,(H2,22,23,24);1H. The predicted molar refractivity (Wildman–Crippen MR) is 113 cm³/mol. The molecule has 1 aromatic carbocycles. The van der Waals surface area contributed by atoms with Gasteiger partial charge in [0.05, 0.1) is 13.2 Å². The quantitative estimate of drug-likeness (QED) is 0.346. The summed E-state index contributed by atoms with van der Waals surface area (Å²) < 4.78 is 47.1. The molecular weight excluding hydrogens is 488 g/mol. The largest absolute Gasteiger partial charge is 0.573 e. The Morgan fingerprint density at radius 1 is 1.36 bits per heavy atom. The number of morpholine rings is 1. The molecule has 0 aromatic heterocycles. The molecule has 1 saturated heterocycles. The van der Waals surface area contributed by atoms with Crippen LogP contribution in [-0.2, 0) is 11.3 Å². The smallest absolute Gasteiger partial charge is 0.405 e. The molecule has 0 aliphatic carbocycles. The molecule has 0 saturated carbocycles. The molecule has 1 aliphatic heterocycles. The number of nitrogens with one attached hydrogen (secondary N) is 2. The molecule has 0 spiro atoms. The first-order valence-corrected chi connectivity index (χ1v) is 8.92. The Bertz CT molecular complexity index is 631. The number of nitrogens with zero attached hydrogens (tertiary/aromatic N) is 2. The van der Waals surface area contributed by atoms with Crippen LogP contribution in [-0.4, -0.2) is 62.7 Å². The third-order valence-corrected chi connectivity index (χ3v) is 4.42. The van der Waals surface area contributed by atoms with Crippen molar-refractivity contribution in [2.45, 2.75) is 38.8 Å². The molecule has 2 N–H and O–H groups in total. The lowest BCUT2D eigenvalue weighted by molar-refractivity contribution is -0.274. The summed E-state index contributed by atoms with van der Waals surface area (Å²) in [6.45, 7) is 7.37. The van der Waals surface area contributed by atoms with Crippen molar-refractivity contribution in [3.8, 4) is 5.75 Å². The zero-order chi connectivity index (χ0) is 19.9. The van der Waals surface area contributed by atoms with Crippen molar-refractivity contribution in [2.75, 3.05) is 33.4 Å². The second kappa shape index (κ2) is 11.7. The molecule has 6 nitrogen and oxygen atoms in total. The predicted octanol–water partition coefficient (Wildman–Crippen LogP) is 2.98. The van der Waals surface area contributed by atoms with Gasteiger partial charge in [0.1, 0.15) is 5.75 Å². The highest BCUT2D eigenvalue weighted by Crippen LogP contribution is 2.26. The van der Waals surface area contributed by atoms with Crippen LogP contribution < -0.4 is 15.4 Å². The van der Waals surface area contributed by atoms with Crippen LogP contribution in [0.4, 0.5) is 13.2 Å². The number of aliphatic imine (C=N–C) groups is 1. The van der Waals surface area contributed by atoms with Crippen molar-refractivity contribution >= 4 is 29.9 Å². The Morgan fingerprint density at radius 2 is 2.07 bits per heavy atom. The second-order valence-electron chi connectivity index (χ2n) is 6.47. The Hall–Kier alpha value is -1.27. The first-order chi connectivity index (χ1) is 12.8. The topological polar surface area (TPSA) is 58.1 Å². The lowest BCUT2D eigenvalue weighted by atomic mass is 10.2. The maximum Gasteiger partial charge on any atom is 0.573 e. The van der Waals surface area contributed by atoms with Gasteiger partial charge in [0.15, 0.2) is 5.96 Å². The Labute approximate surface area is 180 Å². The van der Waals surface area contributed by atoms with Crippen LogP contribution in [0.2, 0.25) is 0 Å². The Morgan fingerprint density at radius 3 is 2.71 bits per heavy atom. The summed E-state index contributed by atoms with van der Waals surface area (Å²) in [5.41, 5.74) is 0.396. The van der Waals surface area contributed by atoms with Gasteiger partial charge in [-0.15, -0.1) is 37.1 Å². The number of rotatable bonds is 6. The van der Waals surface area contributed by atoms with Crippen LogP contribution >= 0.6 is 24.0 Å². The number of para-hydroxylation sites is 1. The lowest BCUT2D eigenvalue weighted by Crippen LogP contribution is -2.52. The molecule has 1 aliphatic rings. The van der Waals surface area contributed by atoms with Gasteiger partial charge in [0, 0.05) is 44.3 Å². The van der Waals surface area contributed by atoms with E-state index in [2.05, 4.69) is 39.1 Å². The van der Waals surface area contributed by atoms with Crippen molar-refractivity contribution in [2.24, 2.45) is 4.99 Å². The summed E-state index contributed by atoms with van der Waals surface area (Å²) in [4.78, 5) is 6.49. The van der Waals surface area contributed by atoms with Gasteiger partial charge in [-0.25, -0.2) is 0 Å². The Kier molecular flexibility index (Phi) is 10.3. The van der Waals surface area contributed by atoms with E-state index in [1.54, 1.807) is 19.2 Å². The molecular formula is C18H28F3IN4O2. The summed E-state index contributed by atoms with van der Waals surface area (Å²) in [7, 11) is 1.62. The molecule has 1 heterocycles. The fraction of sp³-hybridized carbons (Fsp3) is 0.611. The van der Waals surface area contributed by atoms with E-state index in [1.807, 2.05) is 0 Å². The van der Waals surface area contributed by atoms with Gasteiger partial charge in [-0.05, 0) is 19.9 Å². The highest BCUT2D eigenvalue weighted by Gasteiger charge is 2.32. The van der Waals surface area contributed by atoms with Gasteiger partial charge in [0.2, 0.25) is 0 Å². The molecule has 0 bridgehead atoms. The fourth-order valence-electron chi connectivity index (χ4n) is 3.03. The summed E-state index contributed by atoms with van der Waals surface area (Å²) in [5.74, 6) is 0.299. The number of guanidine groups is 1. The van der Waals surface area contributed by atoms with E-state index in [9.17, 15) is 13.2 Å². The van der Waals surface area contributed by atoms with Crippen molar-refractivity contribution in [1.29, 1.82) is 0 Å². The van der Waals surface area contributed by atoms with E-state index in [1.165, 1.54) is 12.1 Å². The monoisotopic (exact) mass is 516 g/mol. The molecule has 0 amide bonds. The average Bonchev–Trinajstić information content (AvgIpc) is 2.62. The minimum Gasteiger partial charge on any atom is -0.405 e. The zero-order valence-corrected chi connectivity index (χ0v) is 18.6. The summed E-state index contributed by atoms with van der Waals surface area (Å²) in [6, 6.07) is 6.66. The lowest BCUT2D eigenvalue weighted by Gasteiger charge is -2.38. The summed E-state index contributed by atoms with van der Waals surface area (Å²) >= 11 is 0. The summed E-state index contributed by atoms with van der Waals surface area (Å²) in [6.07, 6.45) is -4.72. The van der Waals surface area contributed by atoms with Crippen molar-refractivity contribution in [1.82, 2.24) is 15.5 Å². The molecule has 1 fully saturated rings. The first-order valence-electron chi connectivity index (χ1n) is 8.92. The molecule has 2 unspecified atom stereocenters. The van der Waals surface area contributed by atoms with Crippen LogP contribution in [0.1, 0.15) is 19.4 Å². The minimum absolute atomic E-state index is 0. The van der Waals surface area contributed by atoms with E-state index < -0.39 is 6.36 Å². The van der Waals surface area contributed by atoms with Crippen molar-refractivity contribution < 1.29 is 22.6 Å². The van der Waals surface area contributed by atoms with Gasteiger partial charge in [-0.2, -0.15) is 0 Å². The van der Waals surface area contributed by atoms with Gasteiger partial charge >= 0.3 is 6.36 Å². The van der Waals surface area contributed by atoms with Crippen molar-refractivity contribution in [3.05, 3.63) is 29.8 Å². The average molecular weight is 516 g/mol. The van der Waals surface area contributed by atoms with E-state index in [0.29, 0.717) is 30.7 Å². The number of hydrogen-bond acceptors (Lipinski definition) is 4. The van der Waals surface area contributed by atoms with E-state index >= 15 is 0 Å². The molecule has 2 rings (SSSR count). The van der Waals surface area contributed by atoms with Gasteiger partial charge in [-0.1, -0.05) is 18.2 Å². The Balaban J connectivity index is 0.00000392. The van der Waals surface area contributed by atoms with Gasteiger partial charge < -0.3 is 20.1 Å². The SMILES string of the molecule is CN=C(NCc1ccccc1OC(F)(F)F)NCC(C)N1CCOCC1C.I. The number of benzene rings is 1. The molecule has 28 heavy (non-hydrogen) atoms. The number of hydrogen-bond donors (Lipinski definition) is 2. The van der Waals surface area contributed by atoms with Crippen LogP contribution in [0, 0.1) is 0 Å². The number of alkyl halides is 3. The van der Waals surface area contributed by atoms with Crippen molar-refractivity contribution in [3.63, 3.8) is 0 Å². The number of halogens is 4. The van der Waals surface area contributed by atoms with E-state index in [-0.39, 0.29) is 42.3 Å². The fourth-order valence-corrected chi connectivity index (χ4v) is 3.03. The third kappa shape index (κ3) is 8.00.